The summed E-state index contributed by atoms with van der Waals surface area (Å²) in [7, 11) is 0. The predicted octanol–water partition coefficient (Wildman–Crippen LogP) is 3.66. The summed E-state index contributed by atoms with van der Waals surface area (Å²) in [4.78, 5) is 14.6. The van der Waals surface area contributed by atoms with Crippen LogP contribution in [0.3, 0.4) is 0 Å². The van der Waals surface area contributed by atoms with E-state index in [9.17, 15) is 9.90 Å². The van der Waals surface area contributed by atoms with Crippen LogP contribution in [0.1, 0.15) is 30.4 Å². The highest BCUT2D eigenvalue weighted by Crippen LogP contribution is 2.41. The van der Waals surface area contributed by atoms with Crippen LogP contribution >= 0.6 is 0 Å². The first-order chi connectivity index (χ1) is 12.6. The van der Waals surface area contributed by atoms with Crippen molar-refractivity contribution in [3.8, 4) is 11.4 Å². The molecule has 5 nitrogen and oxygen atoms in total. The zero-order valence-electron chi connectivity index (χ0n) is 14.7. The fourth-order valence-electron chi connectivity index (χ4n) is 3.52. The summed E-state index contributed by atoms with van der Waals surface area (Å²) < 4.78 is 1.77. The molecular formula is C21H21N3O2. The van der Waals surface area contributed by atoms with Crippen molar-refractivity contribution in [3.05, 3.63) is 72.1 Å². The molecule has 2 aromatic carbocycles. The lowest BCUT2D eigenvalue weighted by molar-refractivity contribution is -0.118. The molecule has 132 valence electrons. The van der Waals surface area contributed by atoms with Crippen molar-refractivity contribution in [1.82, 2.24) is 9.78 Å². The van der Waals surface area contributed by atoms with Crippen LogP contribution in [0.25, 0.3) is 5.69 Å². The molecule has 1 aliphatic heterocycles. The highest BCUT2D eigenvalue weighted by atomic mass is 16.3. The molecule has 0 unspecified atom stereocenters. The molecule has 5 heteroatoms. The Hall–Kier alpha value is -3.08. The normalized spacial score (nSPS) is 16.3. The number of aromatic hydroxyl groups is 1. The van der Waals surface area contributed by atoms with Crippen molar-refractivity contribution in [2.24, 2.45) is 0 Å². The third-order valence-electron chi connectivity index (χ3n) is 4.95. The van der Waals surface area contributed by atoms with Crippen LogP contribution in [0.4, 0.5) is 5.69 Å². The van der Waals surface area contributed by atoms with Gasteiger partial charge in [0, 0.05) is 12.7 Å². The number of para-hydroxylation sites is 2. The standard InChI is InChI=1S/C21H21N3O2/c1-15-10-11-23(21-18(15)8-5-9-19(21)25)20(26)12-16-13-22-24(14-16)17-6-3-2-4-7-17/h2-9,13-15,25H,10-12H2,1H3/t15-/m0/s1. The van der Waals surface area contributed by atoms with Gasteiger partial charge in [-0.1, -0.05) is 37.3 Å². The van der Waals surface area contributed by atoms with Crippen LogP contribution in [-0.4, -0.2) is 27.3 Å². The summed E-state index contributed by atoms with van der Waals surface area (Å²) in [6.07, 6.45) is 4.76. The van der Waals surface area contributed by atoms with Crippen molar-refractivity contribution < 1.29 is 9.90 Å². The summed E-state index contributed by atoms with van der Waals surface area (Å²) in [5.74, 6) is 0.483. The molecule has 0 bridgehead atoms. The zero-order valence-corrected chi connectivity index (χ0v) is 14.7. The first-order valence-electron chi connectivity index (χ1n) is 8.84. The number of hydrogen-bond acceptors (Lipinski definition) is 3. The molecule has 0 aliphatic carbocycles. The highest BCUT2D eigenvalue weighted by Gasteiger charge is 2.29. The van der Waals surface area contributed by atoms with Crippen molar-refractivity contribution in [2.45, 2.75) is 25.7 Å². The lowest BCUT2D eigenvalue weighted by Gasteiger charge is -2.33. The van der Waals surface area contributed by atoms with Gasteiger partial charge in [-0.25, -0.2) is 4.68 Å². The third-order valence-corrected chi connectivity index (χ3v) is 4.95. The minimum Gasteiger partial charge on any atom is -0.506 e. The van der Waals surface area contributed by atoms with E-state index < -0.39 is 0 Å². The number of hydrogen-bond donors (Lipinski definition) is 1. The Morgan fingerprint density at radius 3 is 2.81 bits per heavy atom. The summed E-state index contributed by atoms with van der Waals surface area (Å²) in [6, 6.07) is 15.3. The molecule has 0 fully saturated rings. The van der Waals surface area contributed by atoms with Crippen LogP contribution in [0.15, 0.2) is 60.9 Å². The van der Waals surface area contributed by atoms with Gasteiger partial charge in [0.15, 0.2) is 0 Å². The number of carbonyl (C=O) groups is 1. The monoisotopic (exact) mass is 347 g/mol. The number of phenolic OH excluding ortho intramolecular Hbond substituents is 1. The van der Waals surface area contributed by atoms with E-state index in [1.165, 1.54) is 0 Å². The topological polar surface area (TPSA) is 58.4 Å². The minimum atomic E-state index is -0.0211. The Bertz CT molecular complexity index is 933. The molecule has 1 aliphatic rings. The van der Waals surface area contributed by atoms with E-state index in [2.05, 4.69) is 12.0 Å². The SMILES string of the molecule is C[C@H]1CCN(C(=O)Cc2cnn(-c3ccccc3)c2)c2c(O)cccc21. The number of fused-ring (bicyclic) bond motifs is 1. The molecule has 1 atom stereocenters. The quantitative estimate of drug-likeness (QED) is 0.786. The van der Waals surface area contributed by atoms with Crippen LogP contribution in [0.2, 0.25) is 0 Å². The Balaban J connectivity index is 1.57. The number of anilines is 1. The molecule has 0 saturated heterocycles. The molecule has 1 aromatic heterocycles. The predicted molar refractivity (Wildman–Crippen MR) is 101 cm³/mol. The summed E-state index contributed by atoms with van der Waals surface area (Å²) >= 11 is 0. The molecule has 1 N–H and O–H groups in total. The maximum Gasteiger partial charge on any atom is 0.231 e. The number of amides is 1. The van der Waals surface area contributed by atoms with Gasteiger partial charge in [0.2, 0.25) is 5.91 Å². The fraction of sp³-hybridized carbons (Fsp3) is 0.238. The Kier molecular flexibility index (Phi) is 4.21. The van der Waals surface area contributed by atoms with E-state index in [0.29, 0.717) is 18.2 Å². The van der Waals surface area contributed by atoms with Gasteiger partial charge in [-0.15, -0.1) is 0 Å². The van der Waals surface area contributed by atoms with E-state index in [0.717, 1.165) is 23.2 Å². The largest absolute Gasteiger partial charge is 0.506 e. The second-order valence-electron chi connectivity index (χ2n) is 6.76. The van der Waals surface area contributed by atoms with E-state index in [4.69, 9.17) is 0 Å². The number of phenols is 1. The average Bonchev–Trinajstić information content (AvgIpc) is 3.12. The van der Waals surface area contributed by atoms with Gasteiger partial charge < -0.3 is 10.0 Å². The summed E-state index contributed by atoms with van der Waals surface area (Å²) in [6.45, 7) is 2.75. The van der Waals surface area contributed by atoms with Crippen LogP contribution < -0.4 is 4.90 Å². The molecule has 0 radical (unpaired) electrons. The number of aromatic nitrogens is 2. The molecule has 0 saturated carbocycles. The van der Waals surface area contributed by atoms with Gasteiger partial charge >= 0.3 is 0 Å². The Morgan fingerprint density at radius 2 is 2.00 bits per heavy atom. The van der Waals surface area contributed by atoms with E-state index in [-0.39, 0.29) is 18.1 Å². The average molecular weight is 347 g/mol. The van der Waals surface area contributed by atoms with Crippen LogP contribution in [0, 0.1) is 0 Å². The molecule has 1 amide bonds. The lowest BCUT2D eigenvalue weighted by Crippen LogP contribution is -2.37. The minimum absolute atomic E-state index is 0.0211. The van der Waals surface area contributed by atoms with E-state index in [1.807, 2.05) is 48.7 Å². The lowest BCUT2D eigenvalue weighted by atomic mass is 9.91. The van der Waals surface area contributed by atoms with Gasteiger partial charge in [0.25, 0.3) is 0 Å². The first kappa shape index (κ1) is 16.4. The van der Waals surface area contributed by atoms with Gasteiger partial charge in [-0.05, 0) is 41.7 Å². The molecule has 0 spiro atoms. The molecule has 2 heterocycles. The maximum absolute atomic E-state index is 12.9. The first-order valence-corrected chi connectivity index (χ1v) is 8.84. The fourth-order valence-corrected chi connectivity index (χ4v) is 3.52. The molecule has 4 rings (SSSR count). The summed E-state index contributed by atoms with van der Waals surface area (Å²) in [5, 5.41) is 14.7. The van der Waals surface area contributed by atoms with Gasteiger partial charge in [-0.3, -0.25) is 4.79 Å². The molecular weight excluding hydrogens is 326 g/mol. The van der Waals surface area contributed by atoms with Gasteiger partial charge in [-0.2, -0.15) is 5.10 Å². The Labute approximate surface area is 152 Å². The van der Waals surface area contributed by atoms with Crippen molar-refractivity contribution in [3.63, 3.8) is 0 Å². The van der Waals surface area contributed by atoms with Crippen molar-refractivity contribution >= 4 is 11.6 Å². The zero-order chi connectivity index (χ0) is 18.1. The van der Waals surface area contributed by atoms with E-state index >= 15 is 0 Å². The number of nitrogens with zero attached hydrogens (tertiary/aromatic N) is 3. The number of carbonyl (C=O) groups excluding carboxylic acids is 1. The van der Waals surface area contributed by atoms with Crippen LogP contribution in [-0.2, 0) is 11.2 Å². The maximum atomic E-state index is 12.9. The summed E-state index contributed by atoms with van der Waals surface area (Å²) in [5.41, 5.74) is 3.51. The van der Waals surface area contributed by atoms with Crippen molar-refractivity contribution in [2.75, 3.05) is 11.4 Å². The second-order valence-corrected chi connectivity index (χ2v) is 6.76. The number of benzene rings is 2. The smallest absolute Gasteiger partial charge is 0.231 e. The van der Waals surface area contributed by atoms with Gasteiger partial charge in [0.05, 0.1) is 24.0 Å². The Morgan fingerprint density at radius 1 is 1.19 bits per heavy atom. The second kappa shape index (κ2) is 6.67. The number of rotatable bonds is 3. The van der Waals surface area contributed by atoms with Crippen molar-refractivity contribution in [1.29, 1.82) is 0 Å². The highest BCUT2D eigenvalue weighted by molar-refractivity contribution is 5.97. The van der Waals surface area contributed by atoms with Gasteiger partial charge in [0.1, 0.15) is 5.75 Å². The van der Waals surface area contributed by atoms with E-state index in [1.54, 1.807) is 21.8 Å². The third kappa shape index (κ3) is 2.96. The van der Waals surface area contributed by atoms with Crippen LogP contribution in [0.5, 0.6) is 5.75 Å². The molecule has 3 aromatic rings. The molecule has 26 heavy (non-hydrogen) atoms.